The number of carbonyl (C=O) groups excluding carboxylic acids is 1. The monoisotopic (exact) mass is 329 g/mol. The van der Waals surface area contributed by atoms with E-state index in [1.54, 1.807) is 22.5 Å². The summed E-state index contributed by atoms with van der Waals surface area (Å²) in [6.45, 7) is 7.64. The lowest BCUT2D eigenvalue weighted by molar-refractivity contribution is 0.0927. The fourth-order valence-corrected chi connectivity index (χ4v) is 3.41. The Bertz CT molecular complexity index is 797. The largest absolute Gasteiger partial charge is 0.450 e. The number of fused-ring (bicyclic) bond motifs is 1. The lowest BCUT2D eigenvalue weighted by Gasteiger charge is -2.31. The number of benzene rings is 1. The Balaban J connectivity index is 1.89. The predicted molar refractivity (Wildman–Crippen MR) is 93.3 cm³/mol. The average molecular weight is 329 g/mol. The molecule has 6 heteroatoms. The van der Waals surface area contributed by atoms with Crippen molar-refractivity contribution in [2.24, 2.45) is 0 Å². The number of likely N-dealkylation sites (tertiary alicyclic amines) is 1. The van der Waals surface area contributed by atoms with Crippen molar-refractivity contribution in [2.75, 3.05) is 19.7 Å². The van der Waals surface area contributed by atoms with E-state index in [1.807, 2.05) is 28.8 Å². The summed E-state index contributed by atoms with van der Waals surface area (Å²) in [6, 6.07) is 7.93. The number of imidazole rings is 1. The maximum Gasteiger partial charge on any atom is 0.409 e. The maximum absolute atomic E-state index is 12.9. The van der Waals surface area contributed by atoms with Gasteiger partial charge in [0, 0.05) is 25.7 Å². The van der Waals surface area contributed by atoms with E-state index in [-0.39, 0.29) is 17.8 Å². The standard InChI is InChI=1S/C18H23N3O3/c1-3-11-20-15-7-5-6-8-16(15)21(17(20)22)14-9-12-19(13-10-14)18(23)24-4-2/h3,5-8,14H,1,4,9-13H2,2H3. The summed E-state index contributed by atoms with van der Waals surface area (Å²) >= 11 is 0. The third-order valence-electron chi connectivity index (χ3n) is 4.54. The van der Waals surface area contributed by atoms with Crippen molar-refractivity contribution in [3.05, 3.63) is 47.4 Å². The third kappa shape index (κ3) is 2.84. The summed E-state index contributed by atoms with van der Waals surface area (Å²) in [7, 11) is 0. The molecule has 1 saturated heterocycles. The van der Waals surface area contributed by atoms with Crippen LogP contribution in [0.15, 0.2) is 41.7 Å². The van der Waals surface area contributed by atoms with Crippen LogP contribution in [0.1, 0.15) is 25.8 Å². The van der Waals surface area contributed by atoms with Gasteiger partial charge in [-0.15, -0.1) is 6.58 Å². The minimum atomic E-state index is -0.266. The first-order valence-electron chi connectivity index (χ1n) is 8.39. The summed E-state index contributed by atoms with van der Waals surface area (Å²) in [4.78, 5) is 26.4. The molecule has 24 heavy (non-hydrogen) atoms. The van der Waals surface area contributed by atoms with Crippen molar-refractivity contribution in [3.8, 4) is 0 Å². The summed E-state index contributed by atoms with van der Waals surface area (Å²) in [5.74, 6) is 0. The Morgan fingerprint density at radius 3 is 2.58 bits per heavy atom. The van der Waals surface area contributed by atoms with Crippen molar-refractivity contribution >= 4 is 17.1 Å². The van der Waals surface area contributed by atoms with Crippen LogP contribution in [0.4, 0.5) is 4.79 Å². The first-order valence-corrected chi connectivity index (χ1v) is 8.39. The van der Waals surface area contributed by atoms with E-state index in [0.717, 1.165) is 23.9 Å². The predicted octanol–water partition coefficient (Wildman–Crippen LogP) is 2.78. The Hall–Kier alpha value is -2.50. The molecule has 0 spiro atoms. The summed E-state index contributed by atoms with van der Waals surface area (Å²) in [5.41, 5.74) is 1.86. The van der Waals surface area contributed by atoms with Crippen LogP contribution in [-0.4, -0.2) is 39.8 Å². The molecule has 1 aliphatic rings. The second kappa shape index (κ2) is 6.95. The van der Waals surface area contributed by atoms with Crippen LogP contribution in [0, 0.1) is 0 Å². The highest BCUT2D eigenvalue weighted by molar-refractivity contribution is 5.76. The van der Waals surface area contributed by atoms with E-state index in [2.05, 4.69) is 6.58 Å². The number of aromatic nitrogens is 2. The smallest absolute Gasteiger partial charge is 0.409 e. The van der Waals surface area contributed by atoms with Crippen LogP contribution in [0.25, 0.3) is 11.0 Å². The van der Waals surface area contributed by atoms with Gasteiger partial charge >= 0.3 is 11.8 Å². The van der Waals surface area contributed by atoms with Gasteiger partial charge in [0.25, 0.3) is 0 Å². The highest BCUT2D eigenvalue weighted by Crippen LogP contribution is 2.26. The van der Waals surface area contributed by atoms with E-state index in [0.29, 0.717) is 26.2 Å². The molecule has 0 aliphatic carbocycles. The van der Waals surface area contributed by atoms with Gasteiger partial charge in [-0.25, -0.2) is 9.59 Å². The molecule has 1 amide bonds. The molecule has 0 bridgehead atoms. The molecule has 0 radical (unpaired) electrons. The SMILES string of the molecule is C=CCn1c(=O)n(C2CCN(C(=O)OCC)CC2)c2ccccc21. The summed E-state index contributed by atoms with van der Waals surface area (Å²) in [5, 5.41) is 0. The molecule has 0 unspecified atom stereocenters. The molecule has 2 aromatic rings. The lowest BCUT2D eigenvalue weighted by atomic mass is 10.0. The minimum absolute atomic E-state index is 0.00863. The molecule has 1 aliphatic heterocycles. The highest BCUT2D eigenvalue weighted by atomic mass is 16.6. The first kappa shape index (κ1) is 16.4. The van der Waals surface area contributed by atoms with Crippen LogP contribution in [0.3, 0.4) is 0 Å². The molecule has 1 aromatic heterocycles. The van der Waals surface area contributed by atoms with Gasteiger partial charge in [0.05, 0.1) is 17.6 Å². The molecular formula is C18H23N3O3. The van der Waals surface area contributed by atoms with Gasteiger partial charge < -0.3 is 9.64 Å². The first-order chi connectivity index (χ1) is 11.7. The Morgan fingerprint density at radius 2 is 1.96 bits per heavy atom. The van der Waals surface area contributed by atoms with E-state index >= 15 is 0 Å². The Labute approximate surface area is 140 Å². The molecule has 1 fully saturated rings. The number of amides is 1. The molecule has 1 aromatic carbocycles. The zero-order valence-corrected chi connectivity index (χ0v) is 14.0. The molecule has 2 heterocycles. The molecule has 0 N–H and O–H groups in total. The number of nitrogens with zero attached hydrogens (tertiary/aromatic N) is 3. The molecule has 128 valence electrons. The Morgan fingerprint density at radius 1 is 1.29 bits per heavy atom. The van der Waals surface area contributed by atoms with Crippen molar-refractivity contribution in [2.45, 2.75) is 32.4 Å². The molecule has 0 atom stereocenters. The zero-order valence-electron chi connectivity index (χ0n) is 14.0. The fraction of sp³-hybridized carbons (Fsp3) is 0.444. The normalized spacial score (nSPS) is 15.6. The van der Waals surface area contributed by atoms with Crippen LogP contribution >= 0.6 is 0 Å². The van der Waals surface area contributed by atoms with Crippen LogP contribution in [0.5, 0.6) is 0 Å². The number of carbonyl (C=O) groups is 1. The third-order valence-corrected chi connectivity index (χ3v) is 4.54. The van der Waals surface area contributed by atoms with E-state index in [1.165, 1.54) is 0 Å². The van der Waals surface area contributed by atoms with Crippen molar-refractivity contribution < 1.29 is 9.53 Å². The van der Waals surface area contributed by atoms with Gasteiger partial charge in [0.2, 0.25) is 0 Å². The number of hydrogen-bond donors (Lipinski definition) is 0. The second-order valence-corrected chi connectivity index (χ2v) is 5.96. The molecular weight excluding hydrogens is 306 g/mol. The van der Waals surface area contributed by atoms with Gasteiger partial charge in [0.1, 0.15) is 0 Å². The lowest BCUT2D eigenvalue weighted by Crippen LogP contribution is -2.41. The van der Waals surface area contributed by atoms with Crippen LogP contribution in [-0.2, 0) is 11.3 Å². The number of allylic oxidation sites excluding steroid dienone is 1. The van der Waals surface area contributed by atoms with Crippen LogP contribution in [0.2, 0.25) is 0 Å². The van der Waals surface area contributed by atoms with Crippen molar-refractivity contribution in [1.82, 2.24) is 14.0 Å². The van der Waals surface area contributed by atoms with Crippen molar-refractivity contribution in [1.29, 1.82) is 0 Å². The number of piperidine rings is 1. The quantitative estimate of drug-likeness (QED) is 0.811. The number of rotatable bonds is 4. The van der Waals surface area contributed by atoms with Gasteiger partial charge in [-0.2, -0.15) is 0 Å². The molecule has 6 nitrogen and oxygen atoms in total. The topological polar surface area (TPSA) is 56.5 Å². The van der Waals surface area contributed by atoms with E-state index < -0.39 is 0 Å². The van der Waals surface area contributed by atoms with E-state index in [4.69, 9.17) is 4.74 Å². The van der Waals surface area contributed by atoms with E-state index in [9.17, 15) is 9.59 Å². The van der Waals surface area contributed by atoms with Gasteiger partial charge in [-0.1, -0.05) is 18.2 Å². The minimum Gasteiger partial charge on any atom is -0.450 e. The molecule has 0 saturated carbocycles. The number of ether oxygens (including phenoxy) is 1. The Kier molecular flexibility index (Phi) is 4.74. The maximum atomic E-state index is 12.9. The fourth-order valence-electron chi connectivity index (χ4n) is 3.41. The van der Waals surface area contributed by atoms with Crippen molar-refractivity contribution in [3.63, 3.8) is 0 Å². The van der Waals surface area contributed by atoms with Gasteiger partial charge in [-0.05, 0) is 31.9 Å². The molecule has 3 rings (SSSR count). The summed E-state index contributed by atoms with van der Waals surface area (Å²) < 4.78 is 8.68. The van der Waals surface area contributed by atoms with Gasteiger partial charge in [-0.3, -0.25) is 9.13 Å². The number of hydrogen-bond acceptors (Lipinski definition) is 3. The average Bonchev–Trinajstić information content (AvgIpc) is 2.88. The van der Waals surface area contributed by atoms with Crippen LogP contribution < -0.4 is 5.69 Å². The summed E-state index contributed by atoms with van der Waals surface area (Å²) in [6.07, 6.45) is 2.97. The second-order valence-electron chi connectivity index (χ2n) is 5.96. The zero-order chi connectivity index (χ0) is 17.1. The highest BCUT2D eigenvalue weighted by Gasteiger charge is 2.27. The van der Waals surface area contributed by atoms with Gasteiger partial charge in [0.15, 0.2) is 0 Å². The number of para-hydroxylation sites is 2.